The zero-order valence-corrected chi connectivity index (χ0v) is 28.1. The number of amides is 3. The molecular weight excluding hydrogens is 610 g/mol. The van der Waals surface area contributed by atoms with Crippen LogP contribution in [-0.4, -0.2) is 65.9 Å². The molecule has 1 saturated carbocycles. The molecule has 2 aromatic carbocycles. The van der Waals surface area contributed by atoms with E-state index in [-0.39, 0.29) is 56.8 Å². The minimum absolute atomic E-state index is 0.0663. The Morgan fingerprint density at radius 2 is 1.60 bits per heavy atom. The molecule has 0 heterocycles. The molecule has 2 aliphatic rings. The molecule has 2 aromatic rings. The number of aliphatic hydroxyl groups is 1. The maximum absolute atomic E-state index is 13.3. The number of hydrogen-bond acceptors (Lipinski definition) is 7. The number of rotatable bonds is 17. The van der Waals surface area contributed by atoms with Gasteiger partial charge in [-0.25, -0.2) is 9.59 Å². The van der Waals surface area contributed by atoms with E-state index in [4.69, 9.17) is 9.47 Å². The van der Waals surface area contributed by atoms with Crippen LogP contribution in [-0.2, 0) is 23.9 Å². The van der Waals surface area contributed by atoms with E-state index in [1.807, 2.05) is 36.4 Å². The molecule has 2 aliphatic carbocycles. The van der Waals surface area contributed by atoms with Gasteiger partial charge in [-0.3, -0.25) is 9.59 Å². The van der Waals surface area contributed by atoms with Crippen LogP contribution in [0.3, 0.4) is 0 Å². The summed E-state index contributed by atoms with van der Waals surface area (Å²) in [7, 11) is 0. The van der Waals surface area contributed by atoms with Crippen molar-refractivity contribution in [1.29, 1.82) is 0 Å². The van der Waals surface area contributed by atoms with E-state index >= 15 is 0 Å². The van der Waals surface area contributed by atoms with E-state index < -0.39 is 35.1 Å². The number of ether oxygens (including phenoxy) is 2. The molecule has 0 saturated heterocycles. The summed E-state index contributed by atoms with van der Waals surface area (Å²) in [5.74, 6) is -2.16. The Balaban J connectivity index is 1.30. The number of allylic oxidation sites excluding steroid dienone is 2. The fourth-order valence-electron chi connectivity index (χ4n) is 6.57. The minimum atomic E-state index is -0.989. The van der Waals surface area contributed by atoms with E-state index in [9.17, 15) is 24.3 Å². The maximum Gasteiger partial charge on any atom is 0.407 e. The van der Waals surface area contributed by atoms with Crippen LogP contribution in [0.2, 0.25) is 0 Å². The van der Waals surface area contributed by atoms with Gasteiger partial charge in [-0.05, 0) is 68.2 Å². The SMILES string of the molecule is C=CCCC(NC(=O)OCC1c2ccccc2-c2ccccc21)C(=O)OCC(C)(C)NC(=O)C(CC=C)CC(=O)NC1(CO)CCCC1. The summed E-state index contributed by atoms with van der Waals surface area (Å²) in [5, 5.41) is 18.3. The lowest BCUT2D eigenvalue weighted by Gasteiger charge is -2.30. The van der Waals surface area contributed by atoms with Gasteiger partial charge < -0.3 is 30.5 Å². The third-order valence-electron chi connectivity index (χ3n) is 9.14. The summed E-state index contributed by atoms with van der Waals surface area (Å²) < 4.78 is 11.2. The number of esters is 1. The van der Waals surface area contributed by atoms with E-state index in [0.717, 1.165) is 35.1 Å². The molecule has 0 spiro atoms. The summed E-state index contributed by atoms with van der Waals surface area (Å²) in [5.41, 5.74) is 2.78. The van der Waals surface area contributed by atoms with Gasteiger partial charge in [-0.2, -0.15) is 0 Å². The summed E-state index contributed by atoms with van der Waals surface area (Å²) >= 11 is 0. The van der Waals surface area contributed by atoms with Crippen LogP contribution in [0.5, 0.6) is 0 Å². The van der Waals surface area contributed by atoms with Crippen molar-refractivity contribution in [2.75, 3.05) is 19.8 Å². The molecule has 0 radical (unpaired) electrons. The van der Waals surface area contributed by atoms with Crippen LogP contribution < -0.4 is 16.0 Å². The van der Waals surface area contributed by atoms with Crippen molar-refractivity contribution < 1.29 is 33.8 Å². The molecule has 3 amide bonds. The second kappa shape index (κ2) is 16.6. The smallest absolute Gasteiger partial charge is 0.407 e. The van der Waals surface area contributed by atoms with Gasteiger partial charge in [0.25, 0.3) is 0 Å². The lowest BCUT2D eigenvalue weighted by atomic mass is 9.95. The molecule has 10 nitrogen and oxygen atoms in total. The summed E-state index contributed by atoms with van der Waals surface area (Å²) in [6.45, 7) is 10.7. The number of aliphatic hydroxyl groups excluding tert-OH is 1. The van der Waals surface area contributed by atoms with Gasteiger partial charge in [0, 0.05) is 12.3 Å². The topological polar surface area (TPSA) is 143 Å². The molecule has 0 aromatic heterocycles. The lowest BCUT2D eigenvalue weighted by molar-refractivity contribution is -0.149. The van der Waals surface area contributed by atoms with E-state index in [1.165, 1.54) is 0 Å². The second-order valence-corrected chi connectivity index (χ2v) is 13.5. The molecule has 2 atom stereocenters. The second-order valence-electron chi connectivity index (χ2n) is 13.5. The molecule has 10 heteroatoms. The lowest BCUT2D eigenvalue weighted by Crippen LogP contribution is -2.52. The molecule has 4 rings (SSSR count). The normalized spacial score (nSPS) is 16.1. The zero-order valence-electron chi connectivity index (χ0n) is 28.1. The first-order valence-electron chi connectivity index (χ1n) is 16.8. The number of alkyl carbamates (subject to hydrolysis) is 1. The Labute approximate surface area is 283 Å². The Hall–Kier alpha value is -4.44. The number of nitrogens with one attached hydrogen (secondary N) is 3. The molecule has 1 fully saturated rings. The summed E-state index contributed by atoms with van der Waals surface area (Å²) in [6.07, 6.45) is 6.68. The third kappa shape index (κ3) is 9.34. The first kappa shape index (κ1) is 36.4. The van der Waals surface area contributed by atoms with Gasteiger partial charge in [0.05, 0.1) is 23.6 Å². The first-order valence-corrected chi connectivity index (χ1v) is 16.8. The molecule has 0 aliphatic heterocycles. The number of carbonyl (C=O) groups excluding carboxylic acids is 4. The minimum Gasteiger partial charge on any atom is -0.462 e. The molecule has 258 valence electrons. The van der Waals surface area contributed by atoms with Crippen LogP contribution in [0.25, 0.3) is 11.1 Å². The van der Waals surface area contributed by atoms with Gasteiger partial charge in [-0.1, -0.05) is 73.5 Å². The average Bonchev–Trinajstić information content (AvgIpc) is 3.67. The largest absolute Gasteiger partial charge is 0.462 e. The predicted octanol–water partition coefficient (Wildman–Crippen LogP) is 5.30. The highest BCUT2D eigenvalue weighted by Crippen LogP contribution is 2.44. The Morgan fingerprint density at radius 3 is 2.19 bits per heavy atom. The molecule has 2 unspecified atom stereocenters. The Bertz CT molecular complexity index is 1430. The highest BCUT2D eigenvalue weighted by molar-refractivity contribution is 5.87. The number of fused-ring (bicyclic) bond motifs is 3. The highest BCUT2D eigenvalue weighted by Gasteiger charge is 2.36. The summed E-state index contributed by atoms with van der Waals surface area (Å²) in [4.78, 5) is 52.2. The maximum atomic E-state index is 13.3. The van der Waals surface area contributed by atoms with Crippen LogP contribution >= 0.6 is 0 Å². The van der Waals surface area contributed by atoms with Crippen LogP contribution in [0.15, 0.2) is 73.8 Å². The van der Waals surface area contributed by atoms with E-state index in [2.05, 4.69) is 41.2 Å². The van der Waals surface area contributed by atoms with Gasteiger partial charge in [0.15, 0.2) is 0 Å². The van der Waals surface area contributed by atoms with Crippen molar-refractivity contribution in [3.63, 3.8) is 0 Å². The predicted molar refractivity (Wildman–Crippen MR) is 184 cm³/mol. The van der Waals surface area contributed by atoms with Gasteiger partial charge in [-0.15, -0.1) is 13.2 Å². The average molecular weight is 660 g/mol. The molecular formula is C38H49N3O7. The Kier molecular flexibility index (Phi) is 12.6. The zero-order chi connectivity index (χ0) is 34.7. The van der Waals surface area contributed by atoms with Crippen molar-refractivity contribution in [3.8, 4) is 11.1 Å². The van der Waals surface area contributed by atoms with Crippen LogP contribution in [0, 0.1) is 5.92 Å². The van der Waals surface area contributed by atoms with Crippen LogP contribution in [0.1, 0.15) is 82.3 Å². The fraction of sp³-hybridized carbons (Fsp3) is 0.474. The first-order chi connectivity index (χ1) is 23.0. The van der Waals surface area contributed by atoms with Gasteiger partial charge in [0.1, 0.15) is 19.3 Å². The van der Waals surface area contributed by atoms with Crippen molar-refractivity contribution in [2.45, 2.75) is 88.3 Å². The number of hydrogen-bond donors (Lipinski definition) is 4. The van der Waals surface area contributed by atoms with Crippen molar-refractivity contribution >= 4 is 23.9 Å². The third-order valence-corrected chi connectivity index (χ3v) is 9.14. The van der Waals surface area contributed by atoms with Crippen molar-refractivity contribution in [3.05, 3.63) is 85.0 Å². The molecule has 4 N–H and O–H groups in total. The standard InChI is InChI=1S/C38H49N3O7/c1-5-7-19-32(39-36(46)47-23-31-29-17-10-8-15-27(29)28-16-9-11-18-30(28)31)35(45)48-25-37(3,4)41-34(44)26(14-6-2)22-33(43)40-38(24-42)20-12-13-21-38/h5-6,8-11,15-18,26,31-32,42H,1-2,7,12-14,19-25H2,3-4H3,(H,39,46)(H,40,43)(H,41,44). The quantitative estimate of drug-likeness (QED) is 0.133. The fourth-order valence-corrected chi connectivity index (χ4v) is 6.57. The number of benzene rings is 2. The van der Waals surface area contributed by atoms with Gasteiger partial charge in [0.2, 0.25) is 11.8 Å². The van der Waals surface area contributed by atoms with Gasteiger partial charge >= 0.3 is 12.1 Å². The van der Waals surface area contributed by atoms with Crippen molar-refractivity contribution in [2.24, 2.45) is 5.92 Å². The summed E-state index contributed by atoms with van der Waals surface area (Å²) in [6, 6.07) is 15.1. The van der Waals surface area contributed by atoms with E-state index in [1.54, 1.807) is 26.0 Å². The molecule has 0 bridgehead atoms. The van der Waals surface area contributed by atoms with Crippen molar-refractivity contribution in [1.82, 2.24) is 16.0 Å². The van der Waals surface area contributed by atoms with Crippen LogP contribution in [0.4, 0.5) is 4.79 Å². The van der Waals surface area contributed by atoms with E-state index in [0.29, 0.717) is 19.3 Å². The number of carbonyl (C=O) groups is 4. The highest BCUT2D eigenvalue weighted by atomic mass is 16.6. The Morgan fingerprint density at radius 1 is 0.979 bits per heavy atom. The molecule has 48 heavy (non-hydrogen) atoms. The monoisotopic (exact) mass is 659 g/mol.